The minimum atomic E-state index is -0.511. The van der Waals surface area contributed by atoms with Crippen LogP contribution in [0, 0.1) is 0 Å². The highest BCUT2D eigenvalue weighted by atomic mass is 16.5. The van der Waals surface area contributed by atoms with Crippen molar-refractivity contribution < 1.29 is 9.84 Å². The maximum absolute atomic E-state index is 9.54. The van der Waals surface area contributed by atoms with Gasteiger partial charge in [0.1, 0.15) is 0 Å². The molecule has 1 saturated heterocycles. The molecule has 1 fully saturated rings. The number of hydrogen-bond donors (Lipinski definition) is 1. The third kappa shape index (κ3) is 3.94. The first-order valence-corrected chi connectivity index (χ1v) is 7.23. The fraction of sp³-hybridized carbons (Fsp3) is 0.786. The van der Waals surface area contributed by atoms with Gasteiger partial charge >= 0.3 is 0 Å². The first-order chi connectivity index (χ1) is 9.18. The first kappa shape index (κ1) is 14.3. The molecule has 0 radical (unpaired) electrons. The number of aromatic nitrogens is 2. The summed E-state index contributed by atoms with van der Waals surface area (Å²) in [6.07, 6.45) is 6.23. The van der Waals surface area contributed by atoms with Gasteiger partial charge in [0.15, 0.2) is 0 Å². The van der Waals surface area contributed by atoms with Crippen LogP contribution in [0.3, 0.4) is 0 Å². The monoisotopic (exact) mass is 267 g/mol. The Labute approximate surface area is 115 Å². The van der Waals surface area contributed by atoms with Gasteiger partial charge < -0.3 is 14.7 Å². The quantitative estimate of drug-likeness (QED) is 0.798. The number of nitrogens with zero attached hydrogens (tertiary/aromatic N) is 3. The van der Waals surface area contributed by atoms with Crippen molar-refractivity contribution in [2.75, 3.05) is 26.2 Å². The van der Waals surface area contributed by atoms with Crippen molar-refractivity contribution >= 4 is 0 Å². The van der Waals surface area contributed by atoms with E-state index in [1.807, 2.05) is 11.6 Å². The van der Waals surface area contributed by atoms with E-state index in [-0.39, 0.29) is 0 Å². The molecule has 0 aromatic carbocycles. The number of imidazole rings is 1. The van der Waals surface area contributed by atoms with Crippen LogP contribution in [0.15, 0.2) is 6.20 Å². The molecular weight excluding hydrogens is 242 g/mol. The van der Waals surface area contributed by atoms with E-state index in [9.17, 15) is 5.11 Å². The second-order valence-electron chi connectivity index (χ2n) is 5.30. The van der Waals surface area contributed by atoms with Gasteiger partial charge in [-0.1, -0.05) is 6.42 Å². The molecule has 1 aromatic rings. The lowest BCUT2D eigenvalue weighted by molar-refractivity contribution is 0.184. The molecule has 2 rings (SSSR count). The van der Waals surface area contributed by atoms with Gasteiger partial charge in [-0.15, -0.1) is 0 Å². The molecule has 5 nitrogen and oxygen atoms in total. The average Bonchev–Trinajstić information content (AvgIpc) is 2.77. The van der Waals surface area contributed by atoms with E-state index in [1.165, 1.54) is 32.4 Å². The second kappa shape index (κ2) is 6.91. The summed E-state index contributed by atoms with van der Waals surface area (Å²) in [7, 11) is 1.87. The minimum absolute atomic E-state index is 0.511. The molecule has 0 spiro atoms. The number of piperidine rings is 1. The predicted molar refractivity (Wildman–Crippen MR) is 74.2 cm³/mol. The van der Waals surface area contributed by atoms with Gasteiger partial charge in [-0.2, -0.15) is 0 Å². The van der Waals surface area contributed by atoms with Gasteiger partial charge in [-0.25, -0.2) is 4.98 Å². The summed E-state index contributed by atoms with van der Waals surface area (Å²) >= 11 is 0. The summed E-state index contributed by atoms with van der Waals surface area (Å²) in [4.78, 5) is 6.69. The number of ether oxygens (including phenoxy) is 1. The van der Waals surface area contributed by atoms with Crippen molar-refractivity contribution in [3.8, 4) is 6.01 Å². The van der Waals surface area contributed by atoms with Crippen molar-refractivity contribution in [3.05, 3.63) is 11.9 Å². The van der Waals surface area contributed by atoms with E-state index in [1.54, 1.807) is 13.1 Å². The molecule has 0 amide bonds. The Hall–Kier alpha value is -1.07. The number of aliphatic hydroxyl groups excluding tert-OH is 1. The highest BCUT2D eigenvalue weighted by molar-refractivity contribution is 5.10. The average molecular weight is 267 g/mol. The smallest absolute Gasteiger partial charge is 0.296 e. The molecule has 1 atom stereocenters. The summed E-state index contributed by atoms with van der Waals surface area (Å²) in [5, 5.41) is 9.54. The zero-order chi connectivity index (χ0) is 13.7. The van der Waals surface area contributed by atoms with E-state index >= 15 is 0 Å². The van der Waals surface area contributed by atoms with Gasteiger partial charge in [0, 0.05) is 13.6 Å². The first-order valence-electron chi connectivity index (χ1n) is 7.23. The maximum Gasteiger partial charge on any atom is 0.296 e. The summed E-state index contributed by atoms with van der Waals surface area (Å²) in [6.45, 7) is 5.98. The van der Waals surface area contributed by atoms with Crippen LogP contribution in [-0.4, -0.2) is 45.8 Å². The lowest BCUT2D eigenvalue weighted by Gasteiger charge is -2.26. The molecule has 1 N–H and O–H groups in total. The Kier molecular flexibility index (Phi) is 5.22. The zero-order valence-corrected chi connectivity index (χ0v) is 12.0. The van der Waals surface area contributed by atoms with Crippen molar-refractivity contribution in [1.82, 2.24) is 14.5 Å². The normalized spacial score (nSPS) is 18.5. The van der Waals surface area contributed by atoms with Crippen molar-refractivity contribution in [1.29, 1.82) is 0 Å². The highest BCUT2D eigenvalue weighted by Crippen LogP contribution is 2.17. The molecule has 1 aromatic heterocycles. The molecule has 2 heterocycles. The predicted octanol–water partition coefficient (Wildman–Crippen LogP) is 1.73. The van der Waals surface area contributed by atoms with Crippen LogP contribution in [0.2, 0.25) is 0 Å². The Morgan fingerprint density at radius 2 is 2.11 bits per heavy atom. The zero-order valence-electron chi connectivity index (χ0n) is 12.0. The highest BCUT2D eigenvalue weighted by Gasteiger charge is 2.12. The largest absolute Gasteiger partial charge is 0.465 e. The fourth-order valence-corrected chi connectivity index (χ4v) is 2.56. The second-order valence-corrected chi connectivity index (χ2v) is 5.30. The Balaban J connectivity index is 1.70. The lowest BCUT2D eigenvalue weighted by Crippen LogP contribution is -2.31. The summed E-state index contributed by atoms with van der Waals surface area (Å²) in [5.41, 5.74) is 0.783. The topological polar surface area (TPSA) is 50.5 Å². The molecule has 1 unspecified atom stereocenters. The number of likely N-dealkylation sites (tertiary alicyclic amines) is 1. The van der Waals surface area contributed by atoms with Crippen LogP contribution in [0.1, 0.15) is 44.4 Å². The third-order valence-electron chi connectivity index (χ3n) is 3.71. The SMILES string of the molecule is CC(O)c1cnc(OCCCN2CCCCC2)n1C. The van der Waals surface area contributed by atoms with Crippen molar-refractivity contribution in [2.24, 2.45) is 7.05 Å². The Morgan fingerprint density at radius 3 is 2.74 bits per heavy atom. The van der Waals surface area contributed by atoms with Crippen molar-refractivity contribution in [2.45, 2.75) is 38.7 Å². The van der Waals surface area contributed by atoms with E-state index < -0.39 is 6.10 Å². The van der Waals surface area contributed by atoms with Gasteiger partial charge in [-0.3, -0.25) is 4.57 Å². The molecule has 0 bridgehead atoms. The van der Waals surface area contributed by atoms with Gasteiger partial charge in [0.05, 0.1) is 24.6 Å². The number of rotatable bonds is 6. The molecule has 1 aliphatic heterocycles. The van der Waals surface area contributed by atoms with Crippen LogP contribution in [0.5, 0.6) is 6.01 Å². The Bertz CT molecular complexity index is 384. The van der Waals surface area contributed by atoms with E-state index in [0.717, 1.165) is 18.7 Å². The lowest BCUT2D eigenvalue weighted by atomic mass is 10.1. The van der Waals surface area contributed by atoms with Crippen molar-refractivity contribution in [3.63, 3.8) is 0 Å². The van der Waals surface area contributed by atoms with Crippen LogP contribution in [-0.2, 0) is 7.05 Å². The van der Waals surface area contributed by atoms with E-state index in [0.29, 0.717) is 12.6 Å². The molecule has 5 heteroatoms. The van der Waals surface area contributed by atoms with Gasteiger partial charge in [-0.05, 0) is 39.3 Å². The maximum atomic E-state index is 9.54. The van der Waals surface area contributed by atoms with Crippen LogP contribution < -0.4 is 4.74 Å². The molecule has 108 valence electrons. The molecule has 0 saturated carbocycles. The van der Waals surface area contributed by atoms with Gasteiger partial charge in [0.2, 0.25) is 0 Å². The minimum Gasteiger partial charge on any atom is -0.465 e. The number of aliphatic hydroxyl groups is 1. The molecule has 0 aliphatic carbocycles. The fourth-order valence-electron chi connectivity index (χ4n) is 2.56. The Morgan fingerprint density at radius 1 is 1.37 bits per heavy atom. The summed E-state index contributed by atoms with van der Waals surface area (Å²) in [5.74, 6) is 0. The molecular formula is C14H25N3O2. The van der Waals surface area contributed by atoms with Gasteiger partial charge in [0.25, 0.3) is 6.01 Å². The van der Waals surface area contributed by atoms with E-state index in [2.05, 4.69) is 9.88 Å². The third-order valence-corrected chi connectivity index (χ3v) is 3.71. The van der Waals surface area contributed by atoms with Crippen LogP contribution >= 0.6 is 0 Å². The standard InChI is InChI=1S/C14H25N3O2/c1-12(18)13-11-15-14(16(13)2)19-10-6-9-17-7-4-3-5-8-17/h11-12,18H,3-10H2,1-2H3. The number of hydrogen-bond acceptors (Lipinski definition) is 4. The molecule has 1 aliphatic rings. The van der Waals surface area contributed by atoms with Crippen LogP contribution in [0.4, 0.5) is 0 Å². The van der Waals surface area contributed by atoms with Crippen LogP contribution in [0.25, 0.3) is 0 Å². The van der Waals surface area contributed by atoms with E-state index in [4.69, 9.17) is 4.74 Å². The summed E-state index contributed by atoms with van der Waals surface area (Å²) in [6, 6.07) is 0.592. The summed E-state index contributed by atoms with van der Waals surface area (Å²) < 4.78 is 7.48. The molecule has 19 heavy (non-hydrogen) atoms.